The molecule has 0 heterocycles. The molecule has 0 aromatic heterocycles. The molecule has 3 aliphatic rings. The van der Waals surface area contributed by atoms with E-state index in [4.69, 9.17) is 0 Å². The maximum absolute atomic E-state index is 3.94. The summed E-state index contributed by atoms with van der Waals surface area (Å²) in [5.41, 5.74) is 17.3. The number of rotatable bonds is 14. The largest absolute Gasteiger partial charge is 0.356 e. The van der Waals surface area contributed by atoms with Crippen LogP contribution >= 0.6 is 0 Å². The minimum atomic E-state index is -0.0104. The Kier molecular flexibility index (Phi) is 10.5. The van der Waals surface area contributed by atoms with Crippen LogP contribution in [-0.4, -0.2) is 0 Å². The molecule has 0 spiro atoms. The zero-order valence-electron chi connectivity index (χ0n) is 38.5. The predicted molar refractivity (Wildman–Crippen MR) is 249 cm³/mol. The lowest BCUT2D eigenvalue weighted by Gasteiger charge is -2.44. The van der Waals surface area contributed by atoms with Gasteiger partial charge in [-0.1, -0.05) is 173 Å². The topological polar surface area (TPSA) is 24.1 Å². The second-order valence-electron chi connectivity index (χ2n) is 21.7. The van der Waals surface area contributed by atoms with Crippen LogP contribution < -0.4 is 10.6 Å². The minimum Gasteiger partial charge on any atom is -0.356 e. The number of anilines is 4. The SMILES string of the molecule is CCCCCCC1(CCCCCC)c2cc(Nc3ccc4c(c3)C(C)(C)C(C)(C)C4(C)C)ccc2-c2ccc(Nc3ccc4c(c3)C(C)(C)C(C)(C)C4(C)C)cc21. The number of hydrogen-bond acceptors (Lipinski definition) is 2. The van der Waals surface area contributed by atoms with Crippen LogP contribution in [0.4, 0.5) is 22.7 Å². The van der Waals surface area contributed by atoms with Crippen LogP contribution in [0.5, 0.6) is 0 Å². The lowest BCUT2D eigenvalue weighted by molar-refractivity contribution is 0.125. The van der Waals surface area contributed by atoms with Crippen molar-refractivity contribution < 1.29 is 0 Å². The zero-order valence-corrected chi connectivity index (χ0v) is 38.5. The van der Waals surface area contributed by atoms with Crippen LogP contribution in [0.2, 0.25) is 0 Å². The fourth-order valence-corrected chi connectivity index (χ4v) is 11.6. The summed E-state index contributed by atoms with van der Waals surface area (Å²) in [5, 5.41) is 7.89. The molecule has 0 saturated heterocycles. The quantitative estimate of drug-likeness (QED) is 0.125. The molecule has 2 N–H and O–H groups in total. The van der Waals surface area contributed by atoms with Crippen molar-refractivity contribution in [3.05, 3.63) is 106 Å². The van der Waals surface area contributed by atoms with E-state index in [1.165, 1.54) is 131 Å². The summed E-state index contributed by atoms with van der Waals surface area (Å²) < 4.78 is 0. The molecule has 0 aliphatic heterocycles. The monoisotopic (exact) mass is 765 g/mol. The molecular formula is C55H76N2. The van der Waals surface area contributed by atoms with Crippen LogP contribution in [0.1, 0.15) is 195 Å². The fourth-order valence-electron chi connectivity index (χ4n) is 11.6. The summed E-state index contributed by atoms with van der Waals surface area (Å²) >= 11 is 0. The van der Waals surface area contributed by atoms with Gasteiger partial charge in [-0.2, -0.15) is 0 Å². The Hall–Kier alpha value is -3.52. The Morgan fingerprint density at radius 2 is 0.667 bits per heavy atom. The molecule has 3 aliphatic carbocycles. The van der Waals surface area contributed by atoms with Gasteiger partial charge < -0.3 is 10.6 Å². The van der Waals surface area contributed by atoms with Gasteiger partial charge in [-0.15, -0.1) is 0 Å². The average molecular weight is 765 g/mol. The van der Waals surface area contributed by atoms with Crippen molar-refractivity contribution in [1.82, 2.24) is 0 Å². The molecule has 4 aromatic rings. The third kappa shape index (κ3) is 6.23. The lowest BCUT2D eigenvalue weighted by atomic mass is 9.59. The molecule has 0 radical (unpaired) electrons. The van der Waals surface area contributed by atoms with Crippen LogP contribution in [-0.2, 0) is 27.1 Å². The van der Waals surface area contributed by atoms with E-state index in [0.717, 1.165) is 0 Å². The first kappa shape index (κ1) is 41.6. The molecule has 2 heteroatoms. The molecule has 0 fully saturated rings. The highest BCUT2D eigenvalue weighted by Gasteiger charge is 2.58. The first-order valence-corrected chi connectivity index (χ1v) is 22.8. The van der Waals surface area contributed by atoms with E-state index in [0.29, 0.717) is 0 Å². The molecule has 0 saturated carbocycles. The summed E-state index contributed by atoms with van der Waals surface area (Å²) in [6.45, 7) is 34.0. The Morgan fingerprint density at radius 1 is 0.351 bits per heavy atom. The van der Waals surface area contributed by atoms with Gasteiger partial charge in [0.1, 0.15) is 0 Å². The predicted octanol–water partition coefficient (Wildman–Crippen LogP) is 16.6. The molecule has 4 aromatic carbocycles. The standard InChI is InChI=1S/C55H76N2/c1-15-17-19-21-31-55(32-22-20-18-16-2)45-33-37(56-39-25-29-43-47(35-39)51(7,8)53(11,12)49(43,3)4)23-27-41(45)42-28-24-38(34-46(42)55)57-40-26-30-44-48(36-40)52(9,10)54(13,14)50(44,5)6/h23-30,33-36,56-57H,15-22,31-32H2,1-14H3. The summed E-state index contributed by atoms with van der Waals surface area (Å²) in [6, 6.07) is 29.0. The van der Waals surface area contributed by atoms with E-state index in [-0.39, 0.29) is 37.9 Å². The van der Waals surface area contributed by atoms with Crippen LogP contribution in [0.3, 0.4) is 0 Å². The van der Waals surface area contributed by atoms with Gasteiger partial charge in [-0.25, -0.2) is 0 Å². The molecule has 0 atom stereocenters. The third-order valence-corrected chi connectivity index (χ3v) is 17.8. The molecule has 0 bridgehead atoms. The van der Waals surface area contributed by atoms with Gasteiger partial charge in [0.05, 0.1) is 0 Å². The summed E-state index contributed by atoms with van der Waals surface area (Å²) in [5.74, 6) is 0. The van der Waals surface area contributed by atoms with Crippen molar-refractivity contribution in [2.45, 2.75) is 188 Å². The fraction of sp³-hybridized carbons (Fsp3) is 0.564. The van der Waals surface area contributed by atoms with Crippen molar-refractivity contribution >= 4 is 22.7 Å². The van der Waals surface area contributed by atoms with Crippen LogP contribution in [0.15, 0.2) is 72.8 Å². The van der Waals surface area contributed by atoms with Crippen molar-refractivity contribution in [3.8, 4) is 11.1 Å². The number of hydrogen-bond donors (Lipinski definition) is 2. The minimum absolute atomic E-state index is 0.0104. The molecule has 57 heavy (non-hydrogen) atoms. The van der Waals surface area contributed by atoms with Gasteiger partial charge in [0.25, 0.3) is 0 Å². The highest BCUT2D eigenvalue weighted by Crippen LogP contribution is 2.63. The van der Waals surface area contributed by atoms with Gasteiger partial charge in [-0.05, 0) is 138 Å². The molecule has 0 amide bonds. The van der Waals surface area contributed by atoms with Gasteiger partial charge in [0, 0.05) is 28.2 Å². The van der Waals surface area contributed by atoms with Crippen LogP contribution in [0, 0.1) is 10.8 Å². The Morgan fingerprint density at radius 3 is 1.02 bits per heavy atom. The van der Waals surface area contributed by atoms with E-state index in [9.17, 15) is 0 Å². The lowest BCUT2D eigenvalue weighted by Crippen LogP contribution is -2.42. The van der Waals surface area contributed by atoms with Gasteiger partial charge in [0.15, 0.2) is 0 Å². The molecule has 7 rings (SSSR count). The number of benzene rings is 4. The zero-order chi connectivity index (χ0) is 41.4. The second kappa shape index (κ2) is 14.3. The maximum Gasteiger partial charge on any atom is 0.0387 e. The van der Waals surface area contributed by atoms with E-state index in [1.54, 1.807) is 0 Å². The maximum atomic E-state index is 3.94. The smallest absolute Gasteiger partial charge is 0.0387 e. The molecule has 0 unspecified atom stereocenters. The van der Waals surface area contributed by atoms with Crippen molar-refractivity contribution in [3.63, 3.8) is 0 Å². The summed E-state index contributed by atoms with van der Waals surface area (Å²) in [4.78, 5) is 0. The van der Waals surface area contributed by atoms with Gasteiger partial charge >= 0.3 is 0 Å². The second-order valence-corrected chi connectivity index (χ2v) is 21.7. The van der Waals surface area contributed by atoms with Crippen molar-refractivity contribution in [1.29, 1.82) is 0 Å². The van der Waals surface area contributed by atoms with Crippen molar-refractivity contribution in [2.75, 3.05) is 10.6 Å². The first-order chi connectivity index (χ1) is 26.7. The Labute approximate surface area is 348 Å². The Balaban J connectivity index is 1.28. The van der Waals surface area contributed by atoms with E-state index in [2.05, 4.69) is 180 Å². The van der Waals surface area contributed by atoms with Gasteiger partial charge in [0.2, 0.25) is 0 Å². The molecule has 2 nitrogen and oxygen atoms in total. The van der Waals surface area contributed by atoms with Crippen LogP contribution in [0.25, 0.3) is 11.1 Å². The summed E-state index contributed by atoms with van der Waals surface area (Å²) in [7, 11) is 0. The first-order valence-electron chi connectivity index (χ1n) is 22.8. The third-order valence-electron chi connectivity index (χ3n) is 17.8. The average Bonchev–Trinajstić information content (AvgIpc) is 3.51. The van der Waals surface area contributed by atoms with Crippen molar-refractivity contribution in [2.24, 2.45) is 10.8 Å². The highest BCUT2D eigenvalue weighted by atomic mass is 14.9. The summed E-state index contributed by atoms with van der Waals surface area (Å²) in [6.07, 6.45) is 12.6. The normalized spacial score (nSPS) is 20.4. The number of nitrogens with one attached hydrogen (secondary N) is 2. The van der Waals surface area contributed by atoms with Gasteiger partial charge in [-0.3, -0.25) is 0 Å². The Bertz CT molecular complexity index is 1980. The number of unbranched alkanes of at least 4 members (excludes halogenated alkanes) is 6. The molecular weight excluding hydrogens is 689 g/mol. The molecule has 306 valence electrons. The highest BCUT2D eigenvalue weighted by molar-refractivity contribution is 5.85. The van der Waals surface area contributed by atoms with E-state index in [1.807, 2.05) is 0 Å². The van der Waals surface area contributed by atoms with E-state index < -0.39 is 0 Å². The van der Waals surface area contributed by atoms with E-state index >= 15 is 0 Å². The number of fused-ring (bicyclic) bond motifs is 5.